The lowest BCUT2D eigenvalue weighted by atomic mass is 10.1. The molecular weight excluding hydrogens is 352 g/mol. The maximum Gasteiger partial charge on any atom is 0.251 e. The molecule has 5 heteroatoms. The normalized spacial score (nSPS) is 29.5. The number of nitrogens with one attached hydrogen (secondary N) is 1. The second-order valence-electron chi connectivity index (χ2n) is 9.61. The number of ether oxygens (including phenoxy) is 2. The minimum Gasteiger partial charge on any atom is -0.491 e. The Hall–Kier alpha value is -1.59. The van der Waals surface area contributed by atoms with Crippen LogP contribution in [0.25, 0.3) is 0 Å². The maximum atomic E-state index is 12.3. The smallest absolute Gasteiger partial charge is 0.251 e. The molecule has 3 fully saturated rings. The predicted molar refractivity (Wildman–Crippen MR) is 109 cm³/mol. The summed E-state index contributed by atoms with van der Waals surface area (Å²) in [5.41, 5.74) is 0.807. The van der Waals surface area contributed by atoms with E-state index in [0.717, 1.165) is 43.0 Å². The van der Waals surface area contributed by atoms with E-state index >= 15 is 0 Å². The quantitative estimate of drug-likeness (QED) is 0.777. The SMILES string of the molecule is CC(C)(C)N1COC(COc2ccc(C(=O)NCCC3C4CCCC43)cc2)C1. The van der Waals surface area contributed by atoms with Crippen molar-refractivity contribution in [3.63, 3.8) is 0 Å². The summed E-state index contributed by atoms with van der Waals surface area (Å²) in [7, 11) is 0. The summed E-state index contributed by atoms with van der Waals surface area (Å²) in [5, 5.41) is 3.07. The van der Waals surface area contributed by atoms with Crippen molar-refractivity contribution in [2.24, 2.45) is 17.8 Å². The first-order valence-corrected chi connectivity index (χ1v) is 10.8. The largest absolute Gasteiger partial charge is 0.491 e. The molecule has 3 unspecified atom stereocenters. The third kappa shape index (κ3) is 4.52. The van der Waals surface area contributed by atoms with Gasteiger partial charge in [0.1, 0.15) is 25.2 Å². The minimum atomic E-state index is 0.0114. The molecule has 1 saturated heterocycles. The molecule has 0 aromatic heterocycles. The Morgan fingerprint density at radius 3 is 2.57 bits per heavy atom. The van der Waals surface area contributed by atoms with Gasteiger partial charge in [0.2, 0.25) is 0 Å². The fraction of sp³-hybridized carbons (Fsp3) is 0.696. The topological polar surface area (TPSA) is 50.8 Å². The molecule has 0 radical (unpaired) electrons. The second kappa shape index (κ2) is 8.03. The van der Waals surface area contributed by atoms with Crippen LogP contribution in [0.15, 0.2) is 24.3 Å². The predicted octanol–water partition coefficient (Wildman–Crippen LogP) is 3.69. The Balaban J connectivity index is 1.17. The summed E-state index contributed by atoms with van der Waals surface area (Å²) >= 11 is 0. The van der Waals surface area contributed by atoms with Crippen LogP contribution in [0.4, 0.5) is 0 Å². The van der Waals surface area contributed by atoms with Gasteiger partial charge in [0.05, 0.1) is 0 Å². The van der Waals surface area contributed by atoms with Gasteiger partial charge < -0.3 is 14.8 Å². The first-order chi connectivity index (χ1) is 13.4. The molecule has 1 aromatic carbocycles. The number of hydrogen-bond acceptors (Lipinski definition) is 4. The van der Waals surface area contributed by atoms with Gasteiger partial charge in [-0.1, -0.05) is 6.42 Å². The standard InChI is InChI=1S/C23H34N2O3/c1-23(2,3)25-13-18(28-15-25)14-27-17-9-7-16(8-10-17)22(26)24-12-11-21-19-5-4-6-20(19)21/h7-10,18-21H,4-6,11-15H2,1-3H3,(H,24,26). The first-order valence-electron chi connectivity index (χ1n) is 10.8. The molecule has 0 bridgehead atoms. The van der Waals surface area contributed by atoms with Crippen molar-refractivity contribution in [2.45, 2.75) is 58.1 Å². The van der Waals surface area contributed by atoms with Gasteiger partial charge in [0.25, 0.3) is 5.91 Å². The molecule has 3 aliphatic rings. The van der Waals surface area contributed by atoms with Gasteiger partial charge in [-0.2, -0.15) is 0 Å². The van der Waals surface area contributed by atoms with Crippen molar-refractivity contribution >= 4 is 5.91 Å². The van der Waals surface area contributed by atoms with E-state index in [-0.39, 0.29) is 17.6 Å². The van der Waals surface area contributed by atoms with Crippen LogP contribution in [0, 0.1) is 17.8 Å². The molecule has 2 saturated carbocycles. The average molecular weight is 387 g/mol. The third-order valence-electron chi connectivity index (χ3n) is 6.74. The number of amides is 1. The van der Waals surface area contributed by atoms with Crippen molar-refractivity contribution in [3.8, 4) is 5.75 Å². The van der Waals surface area contributed by atoms with E-state index in [2.05, 4.69) is 31.0 Å². The number of rotatable bonds is 7. The zero-order chi connectivity index (χ0) is 19.7. The number of hydrogen-bond donors (Lipinski definition) is 1. The zero-order valence-electron chi connectivity index (χ0n) is 17.4. The van der Waals surface area contributed by atoms with Crippen LogP contribution in [0.1, 0.15) is 56.8 Å². The third-order valence-corrected chi connectivity index (χ3v) is 6.74. The molecule has 0 spiro atoms. The second-order valence-corrected chi connectivity index (χ2v) is 9.61. The molecule has 28 heavy (non-hydrogen) atoms. The lowest BCUT2D eigenvalue weighted by molar-refractivity contribution is 0.0431. The van der Waals surface area contributed by atoms with Crippen LogP contribution in [-0.2, 0) is 4.74 Å². The zero-order valence-corrected chi connectivity index (χ0v) is 17.4. The van der Waals surface area contributed by atoms with Crippen LogP contribution >= 0.6 is 0 Å². The Labute approximate surface area is 168 Å². The minimum absolute atomic E-state index is 0.0114. The Morgan fingerprint density at radius 1 is 1.21 bits per heavy atom. The van der Waals surface area contributed by atoms with Crippen molar-refractivity contribution in [3.05, 3.63) is 29.8 Å². The average Bonchev–Trinajstić information content (AvgIpc) is 3.08. The Bertz CT molecular complexity index is 672. The highest BCUT2D eigenvalue weighted by Crippen LogP contribution is 2.58. The molecule has 154 valence electrons. The molecule has 1 heterocycles. The van der Waals surface area contributed by atoms with Gasteiger partial charge in [-0.15, -0.1) is 0 Å². The van der Waals surface area contributed by atoms with E-state index in [1.54, 1.807) is 0 Å². The summed E-state index contributed by atoms with van der Waals surface area (Å²) in [5.74, 6) is 3.59. The summed E-state index contributed by atoms with van der Waals surface area (Å²) in [6.45, 7) is 9.44. The lowest BCUT2D eigenvalue weighted by Crippen LogP contribution is -2.40. The van der Waals surface area contributed by atoms with Gasteiger partial charge >= 0.3 is 0 Å². The maximum absolute atomic E-state index is 12.3. The van der Waals surface area contributed by atoms with E-state index in [9.17, 15) is 4.79 Å². The molecule has 1 amide bonds. The summed E-state index contributed by atoms with van der Waals surface area (Å²) in [6.07, 6.45) is 5.45. The lowest BCUT2D eigenvalue weighted by Gasteiger charge is -2.29. The van der Waals surface area contributed by atoms with Gasteiger partial charge in [0.15, 0.2) is 0 Å². The Kier molecular flexibility index (Phi) is 5.66. The number of carbonyl (C=O) groups excluding carboxylic acids is 1. The van der Waals surface area contributed by atoms with Crippen molar-refractivity contribution in [1.29, 1.82) is 0 Å². The molecule has 3 atom stereocenters. The Morgan fingerprint density at radius 2 is 1.93 bits per heavy atom. The van der Waals surface area contributed by atoms with E-state index in [4.69, 9.17) is 9.47 Å². The number of fused-ring (bicyclic) bond motifs is 1. The first kappa shape index (κ1) is 19.7. The van der Waals surface area contributed by atoms with Gasteiger partial charge in [-0.25, -0.2) is 0 Å². The fourth-order valence-electron chi connectivity index (χ4n) is 4.86. The van der Waals surface area contributed by atoms with Crippen LogP contribution in [0.2, 0.25) is 0 Å². The van der Waals surface area contributed by atoms with Crippen LogP contribution in [0.3, 0.4) is 0 Å². The van der Waals surface area contributed by atoms with E-state index < -0.39 is 0 Å². The molecule has 5 nitrogen and oxygen atoms in total. The summed E-state index contributed by atoms with van der Waals surface area (Å²) < 4.78 is 11.7. The number of benzene rings is 1. The van der Waals surface area contributed by atoms with Crippen LogP contribution < -0.4 is 10.1 Å². The monoisotopic (exact) mass is 386 g/mol. The van der Waals surface area contributed by atoms with Crippen LogP contribution in [0.5, 0.6) is 5.75 Å². The highest BCUT2D eigenvalue weighted by atomic mass is 16.5. The van der Waals surface area contributed by atoms with Crippen molar-refractivity contribution in [1.82, 2.24) is 10.2 Å². The fourth-order valence-corrected chi connectivity index (χ4v) is 4.86. The summed E-state index contributed by atoms with van der Waals surface area (Å²) in [6, 6.07) is 7.42. The molecule has 2 aliphatic carbocycles. The molecule has 1 aliphatic heterocycles. The number of carbonyl (C=O) groups is 1. The van der Waals surface area contributed by atoms with Crippen molar-refractivity contribution < 1.29 is 14.3 Å². The highest BCUT2D eigenvalue weighted by molar-refractivity contribution is 5.94. The van der Waals surface area contributed by atoms with Gasteiger partial charge in [0, 0.05) is 24.2 Å². The summed E-state index contributed by atoms with van der Waals surface area (Å²) in [4.78, 5) is 14.6. The van der Waals surface area contributed by atoms with E-state index in [1.807, 2.05) is 24.3 Å². The van der Waals surface area contributed by atoms with E-state index in [1.165, 1.54) is 19.3 Å². The van der Waals surface area contributed by atoms with E-state index in [0.29, 0.717) is 18.9 Å². The highest BCUT2D eigenvalue weighted by Gasteiger charge is 2.51. The molecular formula is C23H34N2O3. The number of nitrogens with zero attached hydrogens (tertiary/aromatic N) is 1. The molecule has 1 N–H and O–H groups in total. The van der Waals surface area contributed by atoms with Crippen molar-refractivity contribution in [2.75, 3.05) is 26.4 Å². The van der Waals surface area contributed by atoms with Gasteiger partial charge in [-0.3, -0.25) is 9.69 Å². The molecule has 4 rings (SSSR count). The molecule has 1 aromatic rings. The van der Waals surface area contributed by atoms with Crippen LogP contribution in [-0.4, -0.2) is 48.9 Å². The van der Waals surface area contributed by atoms with Gasteiger partial charge in [-0.05, 0) is 82.1 Å².